The molecule has 1 N–H and O–H groups in total. The summed E-state index contributed by atoms with van der Waals surface area (Å²) in [5.74, 6) is -1.34. The van der Waals surface area contributed by atoms with Crippen molar-refractivity contribution in [3.8, 4) is 11.3 Å². The van der Waals surface area contributed by atoms with Crippen molar-refractivity contribution in [2.45, 2.75) is 24.0 Å². The predicted molar refractivity (Wildman–Crippen MR) is 109 cm³/mol. The van der Waals surface area contributed by atoms with Gasteiger partial charge in [0.1, 0.15) is 5.82 Å². The van der Waals surface area contributed by atoms with Gasteiger partial charge in [0.15, 0.2) is 16.0 Å². The number of benzene rings is 1. The van der Waals surface area contributed by atoms with Crippen LogP contribution in [0.3, 0.4) is 0 Å². The zero-order valence-corrected chi connectivity index (χ0v) is 18.0. The summed E-state index contributed by atoms with van der Waals surface area (Å²) < 4.78 is 75.4. The van der Waals surface area contributed by atoms with Crippen LogP contribution < -0.4 is 10.0 Å². The Morgan fingerprint density at radius 2 is 1.85 bits per heavy atom. The molecule has 0 aliphatic rings. The molecule has 12 heteroatoms. The maximum Gasteiger partial charge on any atom is 0.478 e. The van der Waals surface area contributed by atoms with Crippen LogP contribution in [0.2, 0.25) is 0 Å². The van der Waals surface area contributed by atoms with Gasteiger partial charge in [-0.05, 0) is 43.3 Å². The van der Waals surface area contributed by atoms with Crippen LogP contribution in [0, 0.1) is 11.0 Å². The van der Waals surface area contributed by atoms with Gasteiger partial charge < -0.3 is 10.5 Å². The van der Waals surface area contributed by atoms with E-state index >= 15 is 0 Å². The third-order valence-corrected chi connectivity index (χ3v) is 5.79. The Morgan fingerprint density at radius 3 is 2.39 bits per heavy atom. The number of rotatable bonds is 5. The SMILES string of the molecule is C[C@@H](NC(=O)c1cc(-c2ccc(F)cn2)cc(S(C)(=O)=O)c1)c1ccc(C(F)(F)F)[n+]([O-])c1. The van der Waals surface area contributed by atoms with E-state index in [-0.39, 0.29) is 32.0 Å². The molecule has 0 radical (unpaired) electrons. The lowest BCUT2D eigenvalue weighted by Gasteiger charge is -2.16. The molecule has 0 bridgehead atoms. The van der Waals surface area contributed by atoms with Gasteiger partial charge in [-0.3, -0.25) is 9.78 Å². The van der Waals surface area contributed by atoms with Crippen molar-refractivity contribution in [3.05, 3.63) is 82.7 Å². The summed E-state index contributed by atoms with van der Waals surface area (Å²) in [5.41, 5.74) is -0.914. The van der Waals surface area contributed by atoms with E-state index in [4.69, 9.17) is 0 Å². The second-order valence-electron chi connectivity index (χ2n) is 7.25. The number of carbonyl (C=O) groups is 1. The fourth-order valence-corrected chi connectivity index (χ4v) is 3.66. The monoisotopic (exact) mass is 483 g/mol. The second kappa shape index (κ2) is 8.77. The van der Waals surface area contributed by atoms with Gasteiger partial charge in [-0.25, -0.2) is 12.8 Å². The summed E-state index contributed by atoms with van der Waals surface area (Å²) >= 11 is 0. The molecule has 0 aliphatic heterocycles. The number of sulfone groups is 1. The molecule has 2 heterocycles. The average Bonchev–Trinajstić information content (AvgIpc) is 2.72. The van der Waals surface area contributed by atoms with Crippen molar-refractivity contribution in [3.63, 3.8) is 0 Å². The topological polar surface area (TPSA) is 103 Å². The summed E-state index contributed by atoms with van der Waals surface area (Å²) in [6.07, 6.45) is -2.24. The highest BCUT2D eigenvalue weighted by molar-refractivity contribution is 7.90. The van der Waals surface area contributed by atoms with Crippen LogP contribution in [0.1, 0.15) is 34.6 Å². The number of alkyl halides is 3. The summed E-state index contributed by atoms with van der Waals surface area (Å²) in [7, 11) is -3.74. The Kier molecular flexibility index (Phi) is 6.41. The van der Waals surface area contributed by atoms with Crippen molar-refractivity contribution < 1.29 is 35.5 Å². The molecule has 0 spiro atoms. The van der Waals surface area contributed by atoms with Gasteiger partial charge in [0.2, 0.25) is 0 Å². The normalized spacial score (nSPS) is 12.9. The molecule has 3 aromatic rings. The highest BCUT2D eigenvalue weighted by atomic mass is 32.2. The van der Waals surface area contributed by atoms with E-state index in [0.29, 0.717) is 12.3 Å². The molecule has 174 valence electrons. The molecule has 0 aliphatic carbocycles. The van der Waals surface area contributed by atoms with Crippen LogP contribution in [0.4, 0.5) is 17.6 Å². The minimum absolute atomic E-state index is 0.0761. The number of halogens is 4. The molecule has 0 unspecified atom stereocenters. The fraction of sp³-hybridized carbons (Fsp3) is 0.190. The maximum atomic E-state index is 13.2. The van der Waals surface area contributed by atoms with E-state index in [1.54, 1.807) is 0 Å². The van der Waals surface area contributed by atoms with E-state index in [1.807, 2.05) is 0 Å². The Bertz CT molecular complexity index is 1310. The lowest BCUT2D eigenvalue weighted by molar-refractivity contribution is -0.629. The summed E-state index contributed by atoms with van der Waals surface area (Å²) in [4.78, 5) is 16.5. The molecule has 2 aromatic heterocycles. The third-order valence-electron chi connectivity index (χ3n) is 4.70. The Hall–Kier alpha value is -3.54. The summed E-state index contributed by atoms with van der Waals surface area (Å²) in [6.45, 7) is 1.45. The van der Waals surface area contributed by atoms with Crippen LogP contribution in [0.5, 0.6) is 0 Å². The predicted octanol–water partition coefficient (Wildman–Crippen LogP) is 3.43. The first-order chi connectivity index (χ1) is 15.3. The van der Waals surface area contributed by atoms with E-state index in [0.717, 1.165) is 30.7 Å². The van der Waals surface area contributed by atoms with Crippen molar-refractivity contribution in [1.29, 1.82) is 0 Å². The summed E-state index contributed by atoms with van der Waals surface area (Å²) in [6, 6.07) is 6.98. The number of nitrogens with one attached hydrogen (secondary N) is 1. The molecular formula is C21H17F4N3O4S. The first-order valence-electron chi connectivity index (χ1n) is 9.34. The Labute approximate surface area is 186 Å². The van der Waals surface area contributed by atoms with Crippen LogP contribution in [0.15, 0.2) is 59.8 Å². The molecule has 1 amide bonds. The molecule has 7 nitrogen and oxygen atoms in total. The van der Waals surface area contributed by atoms with E-state index in [1.165, 1.54) is 25.1 Å². The number of nitrogens with zero attached hydrogens (tertiary/aromatic N) is 2. The fourth-order valence-electron chi connectivity index (χ4n) is 2.97. The van der Waals surface area contributed by atoms with E-state index < -0.39 is 39.5 Å². The average molecular weight is 483 g/mol. The van der Waals surface area contributed by atoms with E-state index in [2.05, 4.69) is 10.3 Å². The third kappa shape index (κ3) is 5.64. The van der Waals surface area contributed by atoms with Gasteiger partial charge in [0, 0.05) is 29.0 Å². The van der Waals surface area contributed by atoms with Crippen molar-refractivity contribution in [2.24, 2.45) is 0 Å². The first kappa shape index (κ1) is 24.1. The molecule has 1 atom stereocenters. The largest absolute Gasteiger partial charge is 0.618 e. The van der Waals surface area contributed by atoms with Gasteiger partial charge in [0.25, 0.3) is 11.6 Å². The van der Waals surface area contributed by atoms with Crippen LogP contribution in [0.25, 0.3) is 11.3 Å². The smallest absolute Gasteiger partial charge is 0.478 e. The highest BCUT2D eigenvalue weighted by Crippen LogP contribution is 2.27. The zero-order chi connectivity index (χ0) is 24.6. The van der Waals surface area contributed by atoms with Crippen LogP contribution in [-0.4, -0.2) is 25.6 Å². The molecule has 3 rings (SSSR count). The van der Waals surface area contributed by atoms with Gasteiger partial charge in [-0.2, -0.15) is 17.9 Å². The van der Waals surface area contributed by atoms with Gasteiger partial charge >= 0.3 is 6.18 Å². The minimum atomic E-state index is -4.83. The standard InChI is InChI=1S/C21H17F4N3O4S/c1-12(13-3-6-19(21(23,24)25)28(30)11-13)27-20(29)15-7-14(8-17(9-15)33(2,31)32)18-5-4-16(22)10-26-18/h3-12H,1-2H3,(H,27,29)/t12-/m1/s1. The maximum absolute atomic E-state index is 13.2. The van der Waals surface area contributed by atoms with Crippen LogP contribution >= 0.6 is 0 Å². The minimum Gasteiger partial charge on any atom is -0.618 e. The van der Waals surface area contributed by atoms with Gasteiger partial charge in [-0.15, -0.1) is 0 Å². The lowest BCUT2D eigenvalue weighted by atomic mass is 10.1. The van der Waals surface area contributed by atoms with Crippen molar-refractivity contribution >= 4 is 15.7 Å². The zero-order valence-electron chi connectivity index (χ0n) is 17.2. The quantitative estimate of drug-likeness (QED) is 0.340. The Morgan fingerprint density at radius 1 is 1.15 bits per heavy atom. The number of hydrogen-bond donors (Lipinski definition) is 1. The number of amides is 1. The van der Waals surface area contributed by atoms with Gasteiger partial charge in [-0.1, -0.05) is 0 Å². The van der Waals surface area contributed by atoms with Crippen LogP contribution in [-0.2, 0) is 16.0 Å². The number of hydrogen-bond acceptors (Lipinski definition) is 5. The van der Waals surface area contributed by atoms with E-state index in [9.17, 15) is 36.0 Å². The molecular weight excluding hydrogens is 466 g/mol. The number of aromatic nitrogens is 2. The van der Waals surface area contributed by atoms with Crippen molar-refractivity contribution in [2.75, 3.05) is 6.26 Å². The molecule has 1 aromatic carbocycles. The number of pyridine rings is 2. The first-order valence-corrected chi connectivity index (χ1v) is 11.2. The number of carbonyl (C=O) groups excluding carboxylic acids is 1. The molecule has 33 heavy (non-hydrogen) atoms. The summed E-state index contributed by atoms with van der Waals surface area (Å²) in [5, 5.41) is 14.2. The van der Waals surface area contributed by atoms with Gasteiger partial charge in [0.05, 0.1) is 22.8 Å². The Balaban J connectivity index is 1.94. The van der Waals surface area contributed by atoms with Crippen molar-refractivity contribution in [1.82, 2.24) is 10.3 Å². The molecule has 0 saturated heterocycles. The molecule has 0 fully saturated rings. The second-order valence-corrected chi connectivity index (χ2v) is 9.26. The lowest BCUT2D eigenvalue weighted by Crippen LogP contribution is -2.38. The highest BCUT2D eigenvalue weighted by Gasteiger charge is 2.39. The molecule has 0 saturated carbocycles.